The number of hydrogen-bond donors (Lipinski definition) is 0. The zero-order valence-corrected chi connectivity index (χ0v) is 16.3. The number of Topliss-reactive ketones (excluding diaryl/α,β-unsaturated/α-hetero) is 1. The van der Waals surface area contributed by atoms with Gasteiger partial charge in [-0.25, -0.2) is 0 Å². The van der Waals surface area contributed by atoms with Gasteiger partial charge in [0.2, 0.25) is 0 Å². The number of ketones is 1. The second kappa shape index (κ2) is 7.67. The fraction of sp³-hybridized carbons (Fsp3) is 0.364. The van der Waals surface area contributed by atoms with Crippen LogP contribution in [-0.2, 0) is 6.54 Å². The number of carbonyl (C=O) groups excluding carboxylic acids is 1. The van der Waals surface area contributed by atoms with Gasteiger partial charge in [0.25, 0.3) is 0 Å². The molecule has 0 saturated carbocycles. The molecule has 1 atom stereocenters. The lowest BCUT2D eigenvalue weighted by Crippen LogP contribution is -2.29. The highest BCUT2D eigenvalue weighted by Crippen LogP contribution is 2.36. The summed E-state index contributed by atoms with van der Waals surface area (Å²) in [5.74, 6) is 0.169. The van der Waals surface area contributed by atoms with Gasteiger partial charge in [0.1, 0.15) is 0 Å². The van der Waals surface area contributed by atoms with Gasteiger partial charge >= 0.3 is 0 Å². The highest BCUT2D eigenvalue weighted by atomic mass is 32.1. The minimum absolute atomic E-state index is 0.169. The molecule has 4 rings (SSSR count). The standard InChI is InChI=1S/C22H23N3OS/c1-16-9-10-22(27-16)20-8-4-12-25(20)15-21(26)18-14-24(13-5-11-23)19-7-3-2-6-17(18)19/h2-3,6-7,9-10,14,20H,4-5,8,12-13,15H2,1H3. The largest absolute Gasteiger partial charge is 0.346 e. The summed E-state index contributed by atoms with van der Waals surface area (Å²) in [5.41, 5.74) is 1.81. The van der Waals surface area contributed by atoms with E-state index in [2.05, 4.69) is 30.0 Å². The van der Waals surface area contributed by atoms with Crippen LogP contribution in [0, 0.1) is 18.3 Å². The summed E-state index contributed by atoms with van der Waals surface area (Å²) in [4.78, 5) is 18.2. The number of nitrogens with zero attached hydrogens (tertiary/aromatic N) is 3. The van der Waals surface area contributed by atoms with E-state index in [9.17, 15) is 4.79 Å². The predicted octanol–water partition coefficient (Wildman–Crippen LogP) is 4.94. The molecule has 0 N–H and O–H groups in total. The second-order valence-electron chi connectivity index (χ2n) is 7.16. The van der Waals surface area contributed by atoms with Gasteiger partial charge in [-0.1, -0.05) is 18.2 Å². The summed E-state index contributed by atoms with van der Waals surface area (Å²) in [5, 5.41) is 9.90. The van der Waals surface area contributed by atoms with Crippen LogP contribution in [0.2, 0.25) is 0 Å². The van der Waals surface area contributed by atoms with E-state index in [1.54, 1.807) is 0 Å². The topological polar surface area (TPSA) is 49.0 Å². The predicted molar refractivity (Wildman–Crippen MR) is 109 cm³/mol. The molecule has 1 aliphatic heterocycles. The summed E-state index contributed by atoms with van der Waals surface area (Å²) >= 11 is 1.84. The molecule has 1 saturated heterocycles. The van der Waals surface area contributed by atoms with E-state index in [0.717, 1.165) is 35.9 Å². The van der Waals surface area contributed by atoms with Gasteiger partial charge in [-0.3, -0.25) is 9.69 Å². The number of nitriles is 1. The van der Waals surface area contributed by atoms with E-state index in [4.69, 9.17) is 5.26 Å². The number of likely N-dealkylation sites (tertiary alicyclic amines) is 1. The Morgan fingerprint density at radius 1 is 1.30 bits per heavy atom. The van der Waals surface area contributed by atoms with E-state index >= 15 is 0 Å². The molecule has 0 radical (unpaired) electrons. The average Bonchev–Trinajstić information content (AvgIpc) is 3.38. The Morgan fingerprint density at radius 3 is 2.93 bits per heavy atom. The third-order valence-electron chi connectivity index (χ3n) is 5.35. The summed E-state index contributed by atoms with van der Waals surface area (Å²) < 4.78 is 2.04. The first-order chi connectivity index (χ1) is 13.2. The number of carbonyl (C=O) groups is 1. The lowest BCUT2D eigenvalue weighted by molar-refractivity contribution is 0.0924. The summed E-state index contributed by atoms with van der Waals surface area (Å²) in [7, 11) is 0. The van der Waals surface area contributed by atoms with Crippen molar-refractivity contribution in [1.29, 1.82) is 5.26 Å². The summed E-state index contributed by atoms with van der Waals surface area (Å²) in [6.45, 7) is 4.17. The highest BCUT2D eigenvalue weighted by Gasteiger charge is 2.29. The Morgan fingerprint density at radius 2 is 2.15 bits per heavy atom. The Balaban J connectivity index is 1.59. The molecule has 2 aromatic heterocycles. The molecule has 1 aliphatic rings. The SMILES string of the molecule is Cc1ccc(C2CCCN2CC(=O)c2cn(CCC#N)c3ccccc23)s1. The molecule has 138 valence electrons. The van der Waals surface area contributed by atoms with Crippen molar-refractivity contribution in [2.24, 2.45) is 0 Å². The normalized spacial score (nSPS) is 17.4. The van der Waals surface area contributed by atoms with E-state index in [1.807, 2.05) is 46.4 Å². The zero-order valence-electron chi connectivity index (χ0n) is 15.5. The van der Waals surface area contributed by atoms with Crippen LogP contribution in [0.1, 0.15) is 45.4 Å². The maximum atomic E-state index is 13.2. The van der Waals surface area contributed by atoms with Crippen LogP contribution in [0.25, 0.3) is 10.9 Å². The van der Waals surface area contributed by atoms with Crippen LogP contribution in [-0.4, -0.2) is 28.3 Å². The molecule has 3 aromatic rings. The molecule has 5 heteroatoms. The number of benzene rings is 1. The van der Waals surface area contributed by atoms with Gasteiger partial charge in [0, 0.05) is 45.0 Å². The third kappa shape index (κ3) is 3.55. The Hall–Kier alpha value is -2.42. The third-order valence-corrected chi connectivity index (χ3v) is 6.46. The fourth-order valence-corrected chi connectivity index (χ4v) is 5.11. The molecule has 4 nitrogen and oxygen atoms in total. The van der Waals surface area contributed by atoms with E-state index in [-0.39, 0.29) is 5.78 Å². The molecule has 0 spiro atoms. The van der Waals surface area contributed by atoms with Crippen LogP contribution >= 0.6 is 11.3 Å². The number of fused-ring (bicyclic) bond motifs is 1. The van der Waals surface area contributed by atoms with Gasteiger partial charge in [-0.15, -0.1) is 11.3 Å². The van der Waals surface area contributed by atoms with Crippen LogP contribution in [0.5, 0.6) is 0 Å². The van der Waals surface area contributed by atoms with Crippen LogP contribution in [0.4, 0.5) is 0 Å². The Labute approximate surface area is 163 Å². The van der Waals surface area contributed by atoms with Crippen molar-refractivity contribution in [2.75, 3.05) is 13.1 Å². The molecule has 27 heavy (non-hydrogen) atoms. The van der Waals surface area contributed by atoms with Crippen molar-refractivity contribution < 1.29 is 4.79 Å². The van der Waals surface area contributed by atoms with E-state index < -0.39 is 0 Å². The van der Waals surface area contributed by atoms with Gasteiger partial charge in [-0.2, -0.15) is 5.26 Å². The first kappa shape index (κ1) is 18.0. The van der Waals surface area contributed by atoms with Gasteiger partial charge < -0.3 is 4.57 Å². The van der Waals surface area contributed by atoms with Crippen LogP contribution in [0.3, 0.4) is 0 Å². The van der Waals surface area contributed by atoms with E-state index in [1.165, 1.54) is 9.75 Å². The number of thiophene rings is 1. The second-order valence-corrected chi connectivity index (χ2v) is 8.48. The lowest BCUT2D eigenvalue weighted by atomic mass is 10.1. The first-order valence-corrected chi connectivity index (χ1v) is 10.3. The van der Waals surface area contributed by atoms with Crippen LogP contribution < -0.4 is 0 Å². The number of aromatic nitrogens is 1. The quantitative estimate of drug-likeness (QED) is 0.571. The van der Waals surface area contributed by atoms with Crippen molar-refractivity contribution in [3.05, 3.63) is 57.9 Å². The Bertz CT molecular complexity index is 1010. The molecule has 0 bridgehead atoms. The van der Waals surface area contributed by atoms with Crippen molar-refractivity contribution in [3.63, 3.8) is 0 Å². The molecule has 1 fully saturated rings. The maximum Gasteiger partial charge on any atom is 0.178 e. The minimum Gasteiger partial charge on any atom is -0.346 e. The van der Waals surface area contributed by atoms with Crippen molar-refractivity contribution in [2.45, 2.75) is 38.8 Å². The number of aryl methyl sites for hydroxylation is 2. The lowest BCUT2D eigenvalue weighted by Gasteiger charge is -2.22. The highest BCUT2D eigenvalue weighted by molar-refractivity contribution is 7.12. The zero-order chi connectivity index (χ0) is 18.8. The smallest absolute Gasteiger partial charge is 0.178 e. The van der Waals surface area contributed by atoms with Crippen molar-refractivity contribution in [1.82, 2.24) is 9.47 Å². The molecule has 0 aliphatic carbocycles. The number of para-hydroxylation sites is 1. The molecule has 1 aromatic carbocycles. The number of rotatable bonds is 6. The summed E-state index contributed by atoms with van der Waals surface area (Å²) in [6, 6.07) is 14.9. The fourth-order valence-electron chi connectivity index (χ4n) is 4.06. The monoisotopic (exact) mass is 377 g/mol. The van der Waals surface area contributed by atoms with Crippen molar-refractivity contribution in [3.8, 4) is 6.07 Å². The van der Waals surface area contributed by atoms with E-state index in [0.29, 0.717) is 25.6 Å². The van der Waals surface area contributed by atoms with Gasteiger partial charge in [0.15, 0.2) is 5.78 Å². The van der Waals surface area contributed by atoms with Crippen molar-refractivity contribution >= 4 is 28.0 Å². The Kier molecular flexibility index (Phi) is 5.11. The number of hydrogen-bond acceptors (Lipinski definition) is 4. The molecule has 0 amide bonds. The minimum atomic E-state index is 0.169. The molecular formula is C22H23N3OS. The maximum absolute atomic E-state index is 13.2. The van der Waals surface area contributed by atoms with Crippen LogP contribution in [0.15, 0.2) is 42.6 Å². The molecular weight excluding hydrogens is 354 g/mol. The van der Waals surface area contributed by atoms with Gasteiger partial charge in [0.05, 0.1) is 19.0 Å². The summed E-state index contributed by atoms with van der Waals surface area (Å²) in [6.07, 6.45) is 4.64. The molecule has 1 unspecified atom stereocenters. The molecule has 3 heterocycles. The average molecular weight is 378 g/mol. The van der Waals surface area contributed by atoms with Gasteiger partial charge in [-0.05, 0) is 44.5 Å². The first-order valence-electron chi connectivity index (χ1n) is 9.46.